The number of fused-ring (bicyclic) bond motifs is 1. The SMILES string of the molecule is CCOc1ccccc1C(=O)N(Cc1ccccc1Cl)Cc1cc2cc(C)cc(C)c2[nH]c1=O. The van der Waals surface area contributed by atoms with Crippen LogP contribution in [0.3, 0.4) is 0 Å². The third-order valence-electron chi connectivity index (χ3n) is 5.76. The Hall–Kier alpha value is -3.57. The normalized spacial score (nSPS) is 10.9. The Bertz CT molecular complexity index is 1410. The molecule has 34 heavy (non-hydrogen) atoms. The molecule has 0 saturated heterocycles. The largest absolute Gasteiger partial charge is 0.493 e. The molecule has 0 aliphatic carbocycles. The van der Waals surface area contributed by atoms with Crippen molar-refractivity contribution in [1.82, 2.24) is 9.88 Å². The average molecular weight is 475 g/mol. The molecule has 1 heterocycles. The molecule has 4 aromatic rings. The summed E-state index contributed by atoms with van der Waals surface area (Å²) in [6.45, 7) is 6.70. The number of carbonyl (C=O) groups is 1. The smallest absolute Gasteiger partial charge is 0.258 e. The average Bonchev–Trinajstić information content (AvgIpc) is 2.81. The predicted molar refractivity (Wildman–Crippen MR) is 137 cm³/mol. The van der Waals surface area contributed by atoms with Gasteiger partial charge in [-0.1, -0.05) is 53.6 Å². The Morgan fingerprint density at radius 1 is 0.971 bits per heavy atom. The number of nitrogens with one attached hydrogen (secondary N) is 1. The number of amides is 1. The van der Waals surface area contributed by atoms with Gasteiger partial charge in [-0.3, -0.25) is 9.59 Å². The molecule has 0 saturated carbocycles. The molecule has 0 aliphatic heterocycles. The lowest BCUT2D eigenvalue weighted by Crippen LogP contribution is -2.33. The van der Waals surface area contributed by atoms with Crippen molar-refractivity contribution in [2.24, 2.45) is 0 Å². The maximum atomic E-state index is 13.7. The highest BCUT2D eigenvalue weighted by molar-refractivity contribution is 6.31. The highest BCUT2D eigenvalue weighted by Gasteiger charge is 2.22. The number of para-hydroxylation sites is 1. The molecule has 174 valence electrons. The van der Waals surface area contributed by atoms with Gasteiger partial charge in [-0.25, -0.2) is 0 Å². The fraction of sp³-hybridized carbons (Fsp3) is 0.214. The summed E-state index contributed by atoms with van der Waals surface area (Å²) >= 11 is 6.42. The molecule has 0 fully saturated rings. The molecule has 0 spiro atoms. The van der Waals surface area contributed by atoms with Crippen LogP contribution >= 0.6 is 11.6 Å². The third kappa shape index (κ3) is 5.00. The number of rotatable bonds is 7. The van der Waals surface area contributed by atoms with Crippen molar-refractivity contribution in [3.8, 4) is 5.75 Å². The van der Waals surface area contributed by atoms with Crippen molar-refractivity contribution in [2.45, 2.75) is 33.9 Å². The van der Waals surface area contributed by atoms with Crippen molar-refractivity contribution in [3.63, 3.8) is 0 Å². The lowest BCUT2D eigenvalue weighted by molar-refractivity contribution is 0.0725. The van der Waals surface area contributed by atoms with Gasteiger partial charge in [0.05, 0.1) is 24.2 Å². The minimum Gasteiger partial charge on any atom is -0.493 e. The lowest BCUT2D eigenvalue weighted by Gasteiger charge is -2.24. The van der Waals surface area contributed by atoms with Crippen molar-refractivity contribution in [1.29, 1.82) is 0 Å². The van der Waals surface area contributed by atoms with Gasteiger partial charge in [0, 0.05) is 17.1 Å². The number of halogens is 1. The summed E-state index contributed by atoms with van der Waals surface area (Å²) < 4.78 is 5.70. The lowest BCUT2D eigenvalue weighted by atomic mass is 10.0. The summed E-state index contributed by atoms with van der Waals surface area (Å²) in [6.07, 6.45) is 0. The number of ether oxygens (including phenoxy) is 1. The van der Waals surface area contributed by atoms with E-state index in [1.54, 1.807) is 29.2 Å². The van der Waals surface area contributed by atoms with Crippen molar-refractivity contribution < 1.29 is 9.53 Å². The highest BCUT2D eigenvalue weighted by atomic mass is 35.5. The molecule has 1 N–H and O–H groups in total. The minimum absolute atomic E-state index is 0.128. The molecule has 0 bridgehead atoms. The maximum absolute atomic E-state index is 13.7. The Labute approximate surface area is 204 Å². The van der Waals surface area contributed by atoms with Crippen LogP contribution in [0, 0.1) is 13.8 Å². The van der Waals surface area contributed by atoms with Crippen molar-refractivity contribution in [3.05, 3.63) is 110 Å². The molecule has 4 rings (SSSR count). The number of carbonyl (C=O) groups excluding carboxylic acids is 1. The number of aromatic amines is 1. The van der Waals surface area contributed by atoms with Gasteiger partial charge in [0.1, 0.15) is 5.75 Å². The van der Waals surface area contributed by atoms with E-state index in [4.69, 9.17) is 16.3 Å². The summed E-state index contributed by atoms with van der Waals surface area (Å²) in [7, 11) is 0. The van der Waals surface area contributed by atoms with Gasteiger partial charge in [-0.2, -0.15) is 0 Å². The molecule has 1 aromatic heterocycles. The number of benzene rings is 3. The molecular formula is C28H27ClN2O3. The molecular weight excluding hydrogens is 448 g/mol. The second kappa shape index (κ2) is 10.1. The molecule has 5 nitrogen and oxygen atoms in total. The highest BCUT2D eigenvalue weighted by Crippen LogP contribution is 2.25. The van der Waals surface area contributed by atoms with E-state index in [0.29, 0.717) is 28.5 Å². The summed E-state index contributed by atoms with van der Waals surface area (Å²) in [6, 6.07) is 20.5. The second-order valence-electron chi connectivity index (χ2n) is 8.35. The molecule has 0 aliphatic rings. The molecule has 0 atom stereocenters. The Balaban J connectivity index is 1.77. The number of hydrogen-bond acceptors (Lipinski definition) is 3. The maximum Gasteiger partial charge on any atom is 0.258 e. The number of hydrogen-bond donors (Lipinski definition) is 1. The summed E-state index contributed by atoms with van der Waals surface area (Å²) in [5.74, 6) is 0.279. The zero-order chi connectivity index (χ0) is 24.2. The molecule has 0 unspecified atom stereocenters. The van der Waals surface area contributed by atoms with E-state index < -0.39 is 0 Å². The first-order valence-corrected chi connectivity index (χ1v) is 11.6. The van der Waals surface area contributed by atoms with Gasteiger partial charge < -0.3 is 14.6 Å². The number of H-pyrrole nitrogens is 1. The summed E-state index contributed by atoms with van der Waals surface area (Å²) in [5.41, 5.74) is 4.47. The fourth-order valence-electron chi connectivity index (χ4n) is 4.18. The predicted octanol–water partition coefficient (Wildman–Crippen LogP) is 6.04. The first kappa shape index (κ1) is 23.6. The van der Waals surface area contributed by atoms with Gasteiger partial charge in [0.25, 0.3) is 11.5 Å². The molecule has 0 radical (unpaired) electrons. The number of pyridine rings is 1. The van der Waals surface area contributed by atoms with Crippen LogP contribution in [0.1, 0.15) is 39.5 Å². The van der Waals surface area contributed by atoms with E-state index in [2.05, 4.69) is 4.98 Å². The van der Waals surface area contributed by atoms with Gasteiger partial charge in [-0.05, 0) is 67.6 Å². The number of nitrogens with zero attached hydrogens (tertiary/aromatic N) is 1. The standard InChI is InChI=1S/C28H27ClN2O3/c1-4-34-25-12-8-6-10-23(25)28(33)31(16-20-9-5-7-11-24(20)29)17-22-15-21-14-18(2)13-19(3)26(21)30-27(22)32/h5-15H,4,16-17H2,1-3H3,(H,30,32). The van der Waals surface area contributed by atoms with Gasteiger partial charge in [-0.15, -0.1) is 0 Å². The van der Waals surface area contributed by atoms with Gasteiger partial charge >= 0.3 is 0 Å². The van der Waals surface area contributed by atoms with E-state index in [-0.39, 0.29) is 24.6 Å². The Morgan fingerprint density at radius 2 is 1.68 bits per heavy atom. The van der Waals surface area contributed by atoms with Crippen molar-refractivity contribution >= 4 is 28.4 Å². The Morgan fingerprint density at radius 3 is 2.44 bits per heavy atom. The zero-order valence-corrected chi connectivity index (χ0v) is 20.3. The van der Waals surface area contributed by atoms with Crippen LogP contribution in [0.2, 0.25) is 5.02 Å². The van der Waals surface area contributed by atoms with Crippen LogP contribution in [0.25, 0.3) is 10.9 Å². The monoisotopic (exact) mass is 474 g/mol. The summed E-state index contributed by atoms with van der Waals surface area (Å²) in [4.78, 5) is 31.4. The third-order valence-corrected chi connectivity index (χ3v) is 6.12. The van der Waals surface area contributed by atoms with Crippen molar-refractivity contribution in [2.75, 3.05) is 6.61 Å². The fourth-order valence-corrected chi connectivity index (χ4v) is 4.38. The van der Waals surface area contributed by atoms with E-state index >= 15 is 0 Å². The number of aromatic nitrogens is 1. The van der Waals surface area contributed by atoms with Crippen LogP contribution < -0.4 is 10.3 Å². The van der Waals surface area contributed by atoms with Crippen LogP contribution in [-0.2, 0) is 13.1 Å². The van der Waals surface area contributed by atoms with E-state index in [9.17, 15) is 9.59 Å². The molecule has 1 amide bonds. The van der Waals surface area contributed by atoms with E-state index in [1.165, 1.54) is 0 Å². The molecule has 3 aromatic carbocycles. The van der Waals surface area contributed by atoms with Crippen LogP contribution in [-0.4, -0.2) is 22.4 Å². The first-order valence-electron chi connectivity index (χ1n) is 11.2. The first-order chi connectivity index (χ1) is 16.4. The van der Waals surface area contributed by atoms with E-state index in [0.717, 1.165) is 27.6 Å². The van der Waals surface area contributed by atoms with Gasteiger partial charge in [0.15, 0.2) is 0 Å². The van der Waals surface area contributed by atoms with Crippen LogP contribution in [0.4, 0.5) is 0 Å². The summed E-state index contributed by atoms with van der Waals surface area (Å²) in [5, 5.41) is 1.50. The topological polar surface area (TPSA) is 62.4 Å². The Kier molecular flexibility index (Phi) is 7.03. The zero-order valence-electron chi connectivity index (χ0n) is 19.5. The number of aryl methyl sites for hydroxylation is 2. The van der Waals surface area contributed by atoms with Gasteiger partial charge in [0.2, 0.25) is 0 Å². The second-order valence-corrected chi connectivity index (χ2v) is 8.76. The minimum atomic E-state index is -0.233. The quantitative estimate of drug-likeness (QED) is 0.355. The van der Waals surface area contributed by atoms with E-state index in [1.807, 2.05) is 63.2 Å². The molecule has 6 heteroatoms. The van der Waals surface area contributed by atoms with Crippen LogP contribution in [0.5, 0.6) is 5.75 Å². The van der Waals surface area contributed by atoms with Crippen LogP contribution in [0.15, 0.2) is 71.5 Å².